The van der Waals surface area contributed by atoms with Gasteiger partial charge in [0, 0.05) is 29.3 Å². The largest absolute Gasteiger partial charge is 0.339 e. The lowest BCUT2D eigenvalue weighted by Crippen LogP contribution is -2.12. The Hall–Kier alpha value is -3.33. The number of amides is 1. The van der Waals surface area contributed by atoms with Gasteiger partial charge in [-0.1, -0.05) is 5.16 Å². The number of benzene rings is 1. The molecule has 0 aliphatic rings. The van der Waals surface area contributed by atoms with E-state index in [4.69, 9.17) is 4.52 Å². The lowest BCUT2D eigenvalue weighted by atomic mass is 10.2. The van der Waals surface area contributed by atoms with Crippen LogP contribution in [-0.4, -0.2) is 26.2 Å². The number of nitrogens with zero attached hydrogens (tertiary/aromatic N) is 3. The Bertz CT molecular complexity index is 1100. The van der Waals surface area contributed by atoms with Gasteiger partial charge >= 0.3 is 0 Å². The number of carbonyl (C=O) groups excluding carboxylic acids is 1. The molecule has 28 heavy (non-hydrogen) atoms. The zero-order valence-corrected chi connectivity index (χ0v) is 15.7. The van der Waals surface area contributed by atoms with Crippen LogP contribution in [0.1, 0.15) is 17.2 Å². The number of H-pyrrole nitrogens is 1. The van der Waals surface area contributed by atoms with Gasteiger partial charge in [-0.15, -0.1) is 11.3 Å². The molecular formula is C19H16FN5O2S. The van der Waals surface area contributed by atoms with Crippen molar-refractivity contribution in [3.05, 3.63) is 59.0 Å². The number of aryl methyl sites for hydroxylation is 2. The van der Waals surface area contributed by atoms with Gasteiger partial charge in [0.15, 0.2) is 5.82 Å². The Morgan fingerprint density at radius 1 is 1.25 bits per heavy atom. The van der Waals surface area contributed by atoms with Crippen molar-refractivity contribution in [2.45, 2.75) is 19.8 Å². The third-order valence-corrected chi connectivity index (χ3v) is 5.02. The number of hydrogen-bond donors (Lipinski definition) is 2. The number of halogens is 1. The second-order valence-electron chi connectivity index (χ2n) is 6.14. The Morgan fingerprint density at radius 2 is 2.07 bits per heavy atom. The van der Waals surface area contributed by atoms with Crippen molar-refractivity contribution in [1.82, 2.24) is 20.3 Å². The van der Waals surface area contributed by atoms with E-state index in [1.807, 2.05) is 19.1 Å². The molecule has 0 saturated heterocycles. The molecule has 0 unspecified atom stereocenters. The van der Waals surface area contributed by atoms with Gasteiger partial charge in [0.25, 0.3) is 0 Å². The molecule has 9 heteroatoms. The standard InChI is InChI=1S/C19H16FN5O2S/c1-11-2-7-15(28-11)14-10-16(24-23-14)21-17(26)8-9-18-22-19(25-27-18)12-3-5-13(20)6-4-12/h2-7,10H,8-9H2,1H3,(H2,21,23,24,26). The first-order valence-corrected chi connectivity index (χ1v) is 9.39. The number of aromatic amines is 1. The van der Waals surface area contributed by atoms with Crippen molar-refractivity contribution in [2.75, 3.05) is 5.32 Å². The van der Waals surface area contributed by atoms with Gasteiger partial charge in [0.2, 0.25) is 17.6 Å². The third-order valence-electron chi connectivity index (χ3n) is 3.99. The second kappa shape index (κ2) is 7.73. The zero-order valence-electron chi connectivity index (χ0n) is 14.9. The van der Waals surface area contributed by atoms with Gasteiger partial charge in [-0.25, -0.2) is 4.39 Å². The maximum absolute atomic E-state index is 13.0. The predicted octanol–water partition coefficient (Wildman–Crippen LogP) is 4.21. The van der Waals surface area contributed by atoms with Gasteiger partial charge in [-0.3, -0.25) is 9.89 Å². The number of hydrogen-bond acceptors (Lipinski definition) is 6. The van der Waals surface area contributed by atoms with Crippen molar-refractivity contribution in [2.24, 2.45) is 0 Å². The number of carbonyl (C=O) groups is 1. The predicted molar refractivity (Wildman–Crippen MR) is 103 cm³/mol. The first kappa shape index (κ1) is 18.1. The molecule has 0 bridgehead atoms. The molecule has 0 spiro atoms. The minimum atomic E-state index is -0.333. The maximum Gasteiger partial charge on any atom is 0.227 e. The summed E-state index contributed by atoms with van der Waals surface area (Å²) in [6, 6.07) is 11.6. The van der Waals surface area contributed by atoms with Gasteiger partial charge in [0.05, 0.1) is 10.6 Å². The fourth-order valence-electron chi connectivity index (χ4n) is 2.59. The Labute approximate surface area is 163 Å². The summed E-state index contributed by atoms with van der Waals surface area (Å²) in [7, 11) is 0. The lowest BCUT2D eigenvalue weighted by molar-refractivity contribution is -0.116. The van der Waals surface area contributed by atoms with Gasteiger partial charge in [-0.05, 0) is 43.3 Å². The fraction of sp³-hybridized carbons (Fsp3) is 0.158. The molecule has 0 aliphatic heterocycles. The van der Waals surface area contributed by atoms with Crippen molar-refractivity contribution >= 4 is 23.1 Å². The Morgan fingerprint density at radius 3 is 2.82 bits per heavy atom. The minimum absolute atomic E-state index is 0.172. The molecule has 0 atom stereocenters. The van der Waals surface area contributed by atoms with E-state index in [0.29, 0.717) is 29.5 Å². The van der Waals surface area contributed by atoms with Crippen LogP contribution < -0.4 is 5.32 Å². The molecular weight excluding hydrogens is 381 g/mol. The monoisotopic (exact) mass is 397 g/mol. The van der Waals surface area contributed by atoms with Crippen molar-refractivity contribution in [3.63, 3.8) is 0 Å². The molecule has 0 fully saturated rings. The number of thiophene rings is 1. The summed E-state index contributed by atoms with van der Waals surface area (Å²) in [4.78, 5) is 18.7. The normalized spacial score (nSPS) is 10.9. The van der Waals surface area contributed by atoms with E-state index in [0.717, 1.165) is 10.6 Å². The van der Waals surface area contributed by atoms with E-state index in [1.165, 1.54) is 17.0 Å². The lowest BCUT2D eigenvalue weighted by Gasteiger charge is -1.98. The Balaban J connectivity index is 1.32. The highest BCUT2D eigenvalue weighted by Gasteiger charge is 2.12. The number of aromatic nitrogens is 4. The molecule has 3 aromatic heterocycles. The number of anilines is 1. The number of rotatable bonds is 6. The van der Waals surface area contributed by atoms with E-state index in [-0.39, 0.29) is 18.1 Å². The average Bonchev–Trinajstić information content (AvgIpc) is 3.41. The molecule has 2 N–H and O–H groups in total. The van der Waals surface area contributed by atoms with Crippen LogP contribution in [0.2, 0.25) is 0 Å². The summed E-state index contributed by atoms with van der Waals surface area (Å²) in [5.41, 5.74) is 1.50. The molecule has 3 heterocycles. The summed E-state index contributed by atoms with van der Waals surface area (Å²) in [5.74, 6) is 0.621. The van der Waals surface area contributed by atoms with Gasteiger partial charge in [0.1, 0.15) is 5.82 Å². The van der Waals surface area contributed by atoms with Crippen molar-refractivity contribution < 1.29 is 13.7 Å². The summed E-state index contributed by atoms with van der Waals surface area (Å²) < 4.78 is 18.1. The van der Waals surface area contributed by atoms with Gasteiger partial charge < -0.3 is 9.84 Å². The van der Waals surface area contributed by atoms with E-state index < -0.39 is 0 Å². The maximum atomic E-state index is 13.0. The van der Waals surface area contributed by atoms with E-state index >= 15 is 0 Å². The summed E-state index contributed by atoms with van der Waals surface area (Å²) in [6.07, 6.45) is 0.465. The van der Waals surface area contributed by atoms with Crippen LogP contribution in [-0.2, 0) is 11.2 Å². The van der Waals surface area contributed by atoms with Crippen LogP contribution in [0, 0.1) is 12.7 Å². The molecule has 4 rings (SSSR count). The topological polar surface area (TPSA) is 96.7 Å². The molecule has 0 radical (unpaired) electrons. The summed E-state index contributed by atoms with van der Waals surface area (Å²) >= 11 is 1.65. The molecule has 0 aliphatic carbocycles. The molecule has 1 aromatic carbocycles. The fourth-order valence-corrected chi connectivity index (χ4v) is 3.42. The van der Waals surface area contributed by atoms with Crippen LogP contribution >= 0.6 is 11.3 Å². The number of nitrogens with one attached hydrogen (secondary N) is 2. The molecule has 1 amide bonds. The minimum Gasteiger partial charge on any atom is -0.339 e. The molecule has 4 aromatic rings. The first-order chi connectivity index (χ1) is 13.6. The molecule has 7 nitrogen and oxygen atoms in total. The smallest absolute Gasteiger partial charge is 0.227 e. The van der Waals surface area contributed by atoms with Crippen molar-refractivity contribution in [1.29, 1.82) is 0 Å². The van der Waals surface area contributed by atoms with E-state index in [9.17, 15) is 9.18 Å². The van der Waals surface area contributed by atoms with E-state index in [1.54, 1.807) is 29.5 Å². The summed E-state index contributed by atoms with van der Waals surface area (Å²) in [5, 5.41) is 13.6. The third kappa shape index (κ3) is 4.15. The second-order valence-corrected chi connectivity index (χ2v) is 7.43. The SMILES string of the molecule is Cc1ccc(-c2cc(NC(=O)CCc3nc(-c4ccc(F)cc4)no3)n[nH]2)s1. The van der Waals surface area contributed by atoms with Crippen molar-refractivity contribution in [3.8, 4) is 22.0 Å². The highest BCUT2D eigenvalue weighted by Crippen LogP contribution is 2.27. The molecule has 0 saturated carbocycles. The first-order valence-electron chi connectivity index (χ1n) is 8.57. The van der Waals surface area contributed by atoms with Crippen LogP contribution in [0.4, 0.5) is 10.2 Å². The van der Waals surface area contributed by atoms with E-state index in [2.05, 4.69) is 25.7 Å². The van der Waals surface area contributed by atoms with Gasteiger partial charge in [-0.2, -0.15) is 10.1 Å². The van der Waals surface area contributed by atoms with Crippen LogP contribution in [0.15, 0.2) is 47.0 Å². The van der Waals surface area contributed by atoms with Crippen LogP contribution in [0.3, 0.4) is 0 Å². The zero-order chi connectivity index (χ0) is 19.5. The quantitative estimate of drug-likeness (QED) is 0.508. The molecule has 142 valence electrons. The Kier molecular flexibility index (Phi) is 4.98. The van der Waals surface area contributed by atoms with Crippen LogP contribution in [0.25, 0.3) is 22.0 Å². The summed E-state index contributed by atoms with van der Waals surface area (Å²) in [6.45, 7) is 2.03. The highest BCUT2D eigenvalue weighted by atomic mass is 32.1. The average molecular weight is 397 g/mol. The highest BCUT2D eigenvalue weighted by molar-refractivity contribution is 7.15. The van der Waals surface area contributed by atoms with Crippen LogP contribution in [0.5, 0.6) is 0 Å².